The van der Waals surface area contributed by atoms with Crippen LogP contribution in [0.1, 0.15) is 20.7 Å². The zero-order chi connectivity index (χ0) is 20.2. The Bertz CT molecular complexity index is 891. The largest absolute Gasteiger partial charge is 0.368 e. The maximum absolute atomic E-state index is 12.5. The number of nitrogens with zero attached hydrogens (tertiary/aromatic N) is 4. The van der Waals surface area contributed by atoms with E-state index < -0.39 is 0 Å². The van der Waals surface area contributed by atoms with E-state index in [0.717, 1.165) is 32.1 Å². The molecular weight excluding hydrogens is 493 g/mol. The zero-order valence-corrected chi connectivity index (χ0v) is 19.3. The number of carbonyl (C=O) groups excluding carboxylic acids is 2. The van der Waals surface area contributed by atoms with Crippen molar-refractivity contribution in [2.24, 2.45) is 4.99 Å². The molecule has 2 aliphatic heterocycles. The van der Waals surface area contributed by atoms with Crippen molar-refractivity contribution in [1.82, 2.24) is 15.1 Å². The molecule has 7 nitrogen and oxygen atoms in total. The summed E-state index contributed by atoms with van der Waals surface area (Å²) in [5.41, 5.74) is 2.21. The van der Waals surface area contributed by atoms with E-state index in [0.29, 0.717) is 24.2 Å². The predicted octanol–water partition coefficient (Wildman–Crippen LogP) is 2.30. The molecule has 158 valence electrons. The predicted molar refractivity (Wildman–Crippen MR) is 129 cm³/mol. The van der Waals surface area contributed by atoms with Crippen LogP contribution in [0.4, 0.5) is 5.69 Å². The first kappa shape index (κ1) is 22.1. The Morgan fingerprint density at radius 3 is 2.03 bits per heavy atom. The Labute approximate surface area is 193 Å². The van der Waals surface area contributed by atoms with Gasteiger partial charge < -0.3 is 15.1 Å². The molecule has 2 aromatic carbocycles. The van der Waals surface area contributed by atoms with Crippen molar-refractivity contribution in [3.05, 3.63) is 65.7 Å². The van der Waals surface area contributed by atoms with E-state index in [-0.39, 0.29) is 35.8 Å². The van der Waals surface area contributed by atoms with Gasteiger partial charge in [0.05, 0.1) is 11.1 Å². The van der Waals surface area contributed by atoms with Gasteiger partial charge in [-0.3, -0.25) is 19.5 Å². The highest BCUT2D eigenvalue weighted by molar-refractivity contribution is 14.0. The van der Waals surface area contributed by atoms with E-state index >= 15 is 0 Å². The lowest BCUT2D eigenvalue weighted by molar-refractivity contribution is 0.0657. The SMILES string of the molecule is CN=C(NCCN1C(=O)c2ccccc2C1=O)N1CCN(c2ccccc2)CC1.I. The minimum atomic E-state index is -0.223. The number of halogens is 1. The quantitative estimate of drug-likeness (QED) is 0.291. The van der Waals surface area contributed by atoms with Gasteiger partial charge in [-0.25, -0.2) is 0 Å². The van der Waals surface area contributed by atoms with E-state index in [1.54, 1.807) is 31.3 Å². The Kier molecular flexibility index (Phi) is 7.30. The molecule has 0 spiro atoms. The van der Waals surface area contributed by atoms with Crippen LogP contribution < -0.4 is 10.2 Å². The van der Waals surface area contributed by atoms with Gasteiger partial charge in [-0.1, -0.05) is 30.3 Å². The van der Waals surface area contributed by atoms with E-state index in [1.807, 2.05) is 6.07 Å². The second kappa shape index (κ2) is 9.92. The number of hydrogen-bond donors (Lipinski definition) is 1. The molecule has 0 aliphatic carbocycles. The molecule has 2 aliphatic rings. The Hall–Kier alpha value is -2.62. The van der Waals surface area contributed by atoms with Gasteiger partial charge in [-0.05, 0) is 24.3 Å². The molecule has 0 aromatic heterocycles. The third kappa shape index (κ3) is 4.43. The highest BCUT2D eigenvalue weighted by Gasteiger charge is 2.34. The zero-order valence-electron chi connectivity index (χ0n) is 17.0. The van der Waals surface area contributed by atoms with Crippen molar-refractivity contribution < 1.29 is 9.59 Å². The molecule has 0 saturated carbocycles. The number of imide groups is 1. The number of para-hydroxylation sites is 1. The number of rotatable bonds is 4. The van der Waals surface area contributed by atoms with E-state index in [2.05, 4.69) is 44.4 Å². The minimum absolute atomic E-state index is 0. The third-order valence-electron chi connectivity index (χ3n) is 5.41. The van der Waals surface area contributed by atoms with Gasteiger partial charge in [0, 0.05) is 52.0 Å². The Morgan fingerprint density at radius 2 is 1.47 bits per heavy atom. The first-order valence-corrected chi connectivity index (χ1v) is 9.90. The van der Waals surface area contributed by atoms with Gasteiger partial charge in [0.1, 0.15) is 0 Å². The lowest BCUT2D eigenvalue weighted by atomic mass is 10.1. The first-order valence-electron chi connectivity index (χ1n) is 9.90. The number of anilines is 1. The summed E-state index contributed by atoms with van der Waals surface area (Å²) in [6, 6.07) is 17.4. The molecule has 0 atom stereocenters. The van der Waals surface area contributed by atoms with Crippen molar-refractivity contribution in [2.45, 2.75) is 0 Å². The highest BCUT2D eigenvalue weighted by Crippen LogP contribution is 2.21. The van der Waals surface area contributed by atoms with Crippen LogP contribution >= 0.6 is 24.0 Å². The number of fused-ring (bicyclic) bond motifs is 1. The molecule has 0 bridgehead atoms. The summed E-state index contributed by atoms with van der Waals surface area (Å²) in [7, 11) is 1.76. The maximum atomic E-state index is 12.5. The number of aliphatic imine (C=N–C) groups is 1. The van der Waals surface area contributed by atoms with Crippen LogP contribution in [-0.4, -0.2) is 73.9 Å². The normalized spacial score (nSPS) is 16.4. The number of piperazine rings is 1. The van der Waals surface area contributed by atoms with E-state index in [1.165, 1.54) is 10.6 Å². The second-order valence-electron chi connectivity index (χ2n) is 7.09. The number of carbonyl (C=O) groups is 2. The number of nitrogens with one attached hydrogen (secondary N) is 1. The van der Waals surface area contributed by atoms with Crippen molar-refractivity contribution in [3.63, 3.8) is 0 Å². The van der Waals surface area contributed by atoms with Crippen LogP contribution in [0.5, 0.6) is 0 Å². The average Bonchev–Trinajstić information content (AvgIpc) is 3.02. The molecule has 0 radical (unpaired) electrons. The number of hydrogen-bond acceptors (Lipinski definition) is 4. The molecule has 1 fully saturated rings. The van der Waals surface area contributed by atoms with Gasteiger partial charge in [0.2, 0.25) is 0 Å². The van der Waals surface area contributed by atoms with Crippen LogP contribution in [0.25, 0.3) is 0 Å². The molecule has 2 amide bonds. The van der Waals surface area contributed by atoms with Crippen molar-refractivity contribution in [1.29, 1.82) is 0 Å². The fourth-order valence-corrected chi connectivity index (χ4v) is 3.87. The summed E-state index contributed by atoms with van der Waals surface area (Å²) in [5, 5.41) is 3.30. The van der Waals surface area contributed by atoms with Crippen molar-refractivity contribution >= 4 is 47.4 Å². The standard InChI is InChI=1S/C22H25N5O2.HI/c1-23-22(26-15-13-25(14-16-26)17-7-3-2-4-8-17)24-11-12-27-20(28)18-9-5-6-10-19(18)21(27)29;/h2-10H,11-16H2,1H3,(H,23,24);1H. The van der Waals surface area contributed by atoms with Gasteiger partial charge in [0.15, 0.2) is 5.96 Å². The topological polar surface area (TPSA) is 68.2 Å². The number of guanidine groups is 1. The number of benzene rings is 2. The van der Waals surface area contributed by atoms with Gasteiger partial charge in [-0.2, -0.15) is 0 Å². The van der Waals surface area contributed by atoms with Crippen LogP contribution in [0.15, 0.2) is 59.6 Å². The molecule has 1 N–H and O–H groups in total. The molecular formula is C22H26IN5O2. The van der Waals surface area contributed by atoms with E-state index in [9.17, 15) is 9.59 Å². The average molecular weight is 519 g/mol. The summed E-state index contributed by atoms with van der Waals surface area (Å²) in [4.78, 5) is 35.2. The van der Waals surface area contributed by atoms with Crippen LogP contribution in [-0.2, 0) is 0 Å². The first-order chi connectivity index (χ1) is 14.2. The summed E-state index contributed by atoms with van der Waals surface area (Å²) in [6.07, 6.45) is 0. The second-order valence-corrected chi connectivity index (χ2v) is 7.09. The molecule has 30 heavy (non-hydrogen) atoms. The monoisotopic (exact) mass is 519 g/mol. The van der Waals surface area contributed by atoms with Crippen LogP contribution in [0.3, 0.4) is 0 Å². The minimum Gasteiger partial charge on any atom is -0.368 e. The summed E-state index contributed by atoms with van der Waals surface area (Å²) >= 11 is 0. The maximum Gasteiger partial charge on any atom is 0.261 e. The molecule has 2 aromatic rings. The van der Waals surface area contributed by atoms with Gasteiger partial charge in [0.25, 0.3) is 11.8 Å². The highest BCUT2D eigenvalue weighted by atomic mass is 127. The van der Waals surface area contributed by atoms with Crippen molar-refractivity contribution in [3.8, 4) is 0 Å². The molecule has 8 heteroatoms. The summed E-state index contributed by atoms with van der Waals surface area (Å²) in [6.45, 7) is 4.35. The van der Waals surface area contributed by atoms with E-state index in [4.69, 9.17) is 0 Å². The lowest BCUT2D eigenvalue weighted by Crippen LogP contribution is -2.53. The molecule has 2 heterocycles. The number of amides is 2. The Balaban J connectivity index is 0.00000256. The summed E-state index contributed by atoms with van der Waals surface area (Å²) < 4.78 is 0. The van der Waals surface area contributed by atoms with Crippen LogP contribution in [0.2, 0.25) is 0 Å². The lowest BCUT2D eigenvalue weighted by Gasteiger charge is -2.37. The fourth-order valence-electron chi connectivity index (χ4n) is 3.87. The molecule has 0 unspecified atom stereocenters. The summed E-state index contributed by atoms with van der Waals surface area (Å²) in [5.74, 6) is 0.354. The molecule has 4 rings (SSSR count). The van der Waals surface area contributed by atoms with Gasteiger partial charge >= 0.3 is 0 Å². The smallest absolute Gasteiger partial charge is 0.261 e. The van der Waals surface area contributed by atoms with Gasteiger partial charge in [-0.15, -0.1) is 24.0 Å². The van der Waals surface area contributed by atoms with Crippen molar-refractivity contribution in [2.75, 3.05) is 51.2 Å². The Morgan fingerprint density at radius 1 is 0.900 bits per heavy atom. The van der Waals surface area contributed by atoms with Crippen LogP contribution in [0, 0.1) is 0 Å². The fraction of sp³-hybridized carbons (Fsp3) is 0.318. The molecule has 1 saturated heterocycles. The third-order valence-corrected chi connectivity index (χ3v) is 5.41.